The lowest BCUT2D eigenvalue weighted by molar-refractivity contribution is 0.157. The predicted octanol–water partition coefficient (Wildman–Crippen LogP) is 5.48. The molecule has 0 aliphatic heterocycles. The molecule has 1 N–H and O–H groups in total. The maximum Gasteiger partial charge on any atom is 0.252 e. The molecule has 5 rings (SSSR count). The quantitative estimate of drug-likeness (QED) is 0.276. The molecule has 3 heterocycles. The number of aryl methyl sites for hydroxylation is 1. The number of H-pyrrole nitrogens is 1. The Labute approximate surface area is 214 Å². The SMILES string of the molecule is CCC[C@@H](c1nnnn1Cc1ccccc1)N(Cc1cccs1)Cc1cc2cc(C)ccc2[nH]c1=O. The van der Waals surface area contributed by atoms with E-state index in [1.54, 1.807) is 11.3 Å². The van der Waals surface area contributed by atoms with Gasteiger partial charge in [-0.15, -0.1) is 16.4 Å². The molecule has 0 saturated carbocycles. The van der Waals surface area contributed by atoms with Crippen LogP contribution in [0.3, 0.4) is 0 Å². The van der Waals surface area contributed by atoms with Gasteiger partial charge in [-0.1, -0.05) is 61.4 Å². The maximum atomic E-state index is 13.1. The van der Waals surface area contributed by atoms with Crippen LogP contribution < -0.4 is 5.56 Å². The number of tetrazole rings is 1. The molecule has 5 aromatic rings. The first-order valence-electron chi connectivity index (χ1n) is 12.3. The lowest BCUT2D eigenvalue weighted by Crippen LogP contribution is -2.32. The Balaban J connectivity index is 1.52. The number of thiophene rings is 1. The van der Waals surface area contributed by atoms with Crippen molar-refractivity contribution in [1.82, 2.24) is 30.1 Å². The van der Waals surface area contributed by atoms with Gasteiger partial charge in [-0.2, -0.15) is 0 Å². The van der Waals surface area contributed by atoms with Crippen LogP contribution in [0.1, 0.15) is 53.2 Å². The van der Waals surface area contributed by atoms with Crippen molar-refractivity contribution in [2.45, 2.75) is 52.4 Å². The largest absolute Gasteiger partial charge is 0.322 e. The van der Waals surface area contributed by atoms with Gasteiger partial charge in [-0.25, -0.2) is 4.68 Å². The average molecular weight is 499 g/mol. The summed E-state index contributed by atoms with van der Waals surface area (Å²) < 4.78 is 1.89. The van der Waals surface area contributed by atoms with Gasteiger partial charge in [0.25, 0.3) is 5.56 Å². The molecule has 36 heavy (non-hydrogen) atoms. The van der Waals surface area contributed by atoms with Crippen LogP contribution in [0.5, 0.6) is 0 Å². The minimum absolute atomic E-state index is 0.0385. The number of benzene rings is 2. The number of fused-ring (bicyclic) bond motifs is 1. The number of aromatic amines is 1. The molecule has 0 unspecified atom stereocenters. The van der Waals surface area contributed by atoms with E-state index in [1.165, 1.54) is 10.4 Å². The highest BCUT2D eigenvalue weighted by Gasteiger charge is 2.27. The highest BCUT2D eigenvalue weighted by atomic mass is 32.1. The van der Waals surface area contributed by atoms with E-state index in [1.807, 2.05) is 41.1 Å². The third kappa shape index (κ3) is 5.45. The summed E-state index contributed by atoms with van der Waals surface area (Å²) in [5.74, 6) is 0.824. The van der Waals surface area contributed by atoms with Gasteiger partial charge in [0.15, 0.2) is 5.82 Å². The minimum atomic E-state index is -0.0540. The van der Waals surface area contributed by atoms with E-state index in [9.17, 15) is 4.79 Å². The molecule has 0 bridgehead atoms. The standard InChI is InChI=1S/C28H30N6OS/c1-3-8-26(27-30-31-32-34(27)17-21-9-5-4-6-10-21)33(19-24-11-7-14-36-24)18-23-16-22-15-20(2)12-13-25(22)29-28(23)35/h4-7,9-16,26H,3,8,17-19H2,1-2H3,(H,29,35)/t26-/m0/s1. The number of nitrogens with one attached hydrogen (secondary N) is 1. The predicted molar refractivity (Wildman–Crippen MR) is 144 cm³/mol. The van der Waals surface area contributed by atoms with Crippen molar-refractivity contribution in [3.63, 3.8) is 0 Å². The van der Waals surface area contributed by atoms with Crippen LogP contribution in [0, 0.1) is 6.92 Å². The van der Waals surface area contributed by atoms with Crippen molar-refractivity contribution >= 4 is 22.2 Å². The molecule has 8 heteroatoms. The Morgan fingerprint density at radius 3 is 2.69 bits per heavy atom. The van der Waals surface area contributed by atoms with E-state index in [-0.39, 0.29) is 11.6 Å². The summed E-state index contributed by atoms with van der Waals surface area (Å²) >= 11 is 1.72. The lowest BCUT2D eigenvalue weighted by atomic mass is 10.1. The number of rotatable bonds is 10. The minimum Gasteiger partial charge on any atom is -0.322 e. The van der Waals surface area contributed by atoms with E-state index < -0.39 is 0 Å². The van der Waals surface area contributed by atoms with Crippen LogP contribution in [0.4, 0.5) is 0 Å². The average Bonchev–Trinajstić information content (AvgIpc) is 3.56. The molecule has 7 nitrogen and oxygen atoms in total. The summed E-state index contributed by atoms with van der Waals surface area (Å²) in [4.78, 5) is 19.8. The number of pyridine rings is 1. The van der Waals surface area contributed by atoms with Gasteiger partial charge in [0.2, 0.25) is 0 Å². The van der Waals surface area contributed by atoms with Crippen LogP contribution in [0.15, 0.2) is 76.9 Å². The van der Waals surface area contributed by atoms with E-state index >= 15 is 0 Å². The lowest BCUT2D eigenvalue weighted by Gasteiger charge is -2.30. The van der Waals surface area contributed by atoms with Crippen molar-refractivity contribution in [2.24, 2.45) is 0 Å². The first-order chi connectivity index (χ1) is 17.6. The van der Waals surface area contributed by atoms with Gasteiger partial charge in [-0.05, 0) is 64.4 Å². The van der Waals surface area contributed by atoms with Gasteiger partial charge in [0.05, 0.1) is 12.6 Å². The smallest absolute Gasteiger partial charge is 0.252 e. The Hall–Kier alpha value is -3.62. The molecule has 1 atom stereocenters. The monoisotopic (exact) mass is 498 g/mol. The number of hydrogen-bond acceptors (Lipinski definition) is 6. The zero-order valence-electron chi connectivity index (χ0n) is 20.6. The summed E-state index contributed by atoms with van der Waals surface area (Å²) in [5, 5.41) is 16.0. The van der Waals surface area contributed by atoms with Gasteiger partial charge < -0.3 is 4.98 Å². The second kappa shape index (κ2) is 11.0. The first kappa shape index (κ1) is 24.1. The number of aromatic nitrogens is 5. The van der Waals surface area contributed by atoms with Crippen LogP contribution in [0.2, 0.25) is 0 Å². The van der Waals surface area contributed by atoms with Crippen LogP contribution in [-0.2, 0) is 19.6 Å². The summed E-state index contributed by atoms with van der Waals surface area (Å²) in [6.45, 7) is 6.06. The zero-order chi connectivity index (χ0) is 24.9. The second-order valence-electron chi connectivity index (χ2n) is 9.18. The third-order valence-electron chi connectivity index (χ3n) is 6.42. The molecule has 0 aliphatic carbocycles. The van der Waals surface area contributed by atoms with Gasteiger partial charge >= 0.3 is 0 Å². The van der Waals surface area contributed by atoms with E-state index in [0.29, 0.717) is 19.6 Å². The molecule has 0 spiro atoms. The van der Waals surface area contributed by atoms with Crippen LogP contribution in [0.25, 0.3) is 10.9 Å². The fourth-order valence-electron chi connectivity index (χ4n) is 4.65. The van der Waals surface area contributed by atoms with Gasteiger partial charge in [0, 0.05) is 29.0 Å². The Morgan fingerprint density at radius 2 is 1.92 bits per heavy atom. The number of nitrogens with zero attached hydrogens (tertiary/aromatic N) is 5. The highest BCUT2D eigenvalue weighted by molar-refractivity contribution is 7.09. The summed E-state index contributed by atoms with van der Waals surface area (Å²) in [7, 11) is 0. The molecular weight excluding hydrogens is 468 g/mol. The van der Waals surface area contributed by atoms with E-state index in [0.717, 1.165) is 40.7 Å². The van der Waals surface area contributed by atoms with E-state index in [4.69, 9.17) is 0 Å². The van der Waals surface area contributed by atoms with Crippen molar-refractivity contribution in [2.75, 3.05) is 0 Å². The molecular formula is C28H30N6OS. The van der Waals surface area contributed by atoms with Crippen molar-refractivity contribution in [3.8, 4) is 0 Å². The van der Waals surface area contributed by atoms with Crippen LogP contribution >= 0.6 is 11.3 Å². The van der Waals surface area contributed by atoms with Crippen molar-refractivity contribution in [1.29, 1.82) is 0 Å². The zero-order valence-corrected chi connectivity index (χ0v) is 21.4. The maximum absolute atomic E-state index is 13.1. The first-order valence-corrected chi connectivity index (χ1v) is 13.2. The van der Waals surface area contributed by atoms with Gasteiger partial charge in [0.1, 0.15) is 0 Å². The molecule has 2 aromatic carbocycles. The van der Waals surface area contributed by atoms with Crippen molar-refractivity contribution in [3.05, 3.63) is 110 Å². The highest BCUT2D eigenvalue weighted by Crippen LogP contribution is 2.29. The van der Waals surface area contributed by atoms with Crippen LogP contribution in [-0.4, -0.2) is 30.1 Å². The van der Waals surface area contributed by atoms with E-state index in [2.05, 4.69) is 75.0 Å². The fourth-order valence-corrected chi connectivity index (χ4v) is 5.38. The summed E-state index contributed by atoms with van der Waals surface area (Å²) in [5.41, 5.74) is 3.86. The van der Waals surface area contributed by atoms with Crippen molar-refractivity contribution < 1.29 is 0 Å². The molecule has 0 fully saturated rings. The summed E-state index contributed by atoms with van der Waals surface area (Å²) in [6, 6.07) is 22.5. The molecule has 184 valence electrons. The second-order valence-corrected chi connectivity index (χ2v) is 10.2. The Kier molecular flexibility index (Phi) is 7.34. The molecule has 3 aromatic heterocycles. The molecule has 0 amide bonds. The Morgan fingerprint density at radius 1 is 1.06 bits per heavy atom. The topological polar surface area (TPSA) is 79.7 Å². The number of hydrogen-bond donors (Lipinski definition) is 1. The fraction of sp³-hybridized carbons (Fsp3) is 0.286. The molecule has 0 saturated heterocycles. The Bertz CT molecular complexity index is 1480. The summed E-state index contributed by atoms with van der Waals surface area (Å²) in [6.07, 6.45) is 1.85. The molecule has 0 aliphatic rings. The van der Waals surface area contributed by atoms with Gasteiger partial charge in [-0.3, -0.25) is 9.69 Å². The normalized spacial score (nSPS) is 12.4. The third-order valence-corrected chi connectivity index (χ3v) is 7.29. The molecule has 0 radical (unpaired) electrons.